The number of hydrogen-bond donors (Lipinski definition) is 0. The summed E-state index contributed by atoms with van der Waals surface area (Å²) in [6, 6.07) is 3.43. The van der Waals surface area contributed by atoms with Gasteiger partial charge in [-0.3, -0.25) is 10.1 Å². The molecule has 104 valence electrons. The van der Waals surface area contributed by atoms with Crippen molar-refractivity contribution in [3.8, 4) is 11.6 Å². The fourth-order valence-electron chi connectivity index (χ4n) is 1.32. The van der Waals surface area contributed by atoms with Crippen molar-refractivity contribution in [1.82, 2.24) is 4.98 Å². The van der Waals surface area contributed by atoms with Crippen molar-refractivity contribution in [2.45, 2.75) is 0 Å². The summed E-state index contributed by atoms with van der Waals surface area (Å²) in [5.41, 5.74) is -0.387. The molecule has 5 nitrogen and oxygen atoms in total. The minimum Gasteiger partial charge on any atom is -0.431 e. The van der Waals surface area contributed by atoms with Crippen LogP contribution >= 0.6 is 43.5 Å². The second-order valence-corrected chi connectivity index (χ2v) is 5.68. The van der Waals surface area contributed by atoms with E-state index >= 15 is 0 Å². The van der Waals surface area contributed by atoms with Crippen LogP contribution in [0.5, 0.6) is 11.6 Å². The van der Waals surface area contributed by atoms with Gasteiger partial charge in [0.05, 0.1) is 18.9 Å². The van der Waals surface area contributed by atoms with E-state index in [1.165, 1.54) is 12.3 Å². The molecule has 0 bridgehead atoms. The second kappa shape index (κ2) is 6.02. The Hall–Kier alpha value is -1.25. The summed E-state index contributed by atoms with van der Waals surface area (Å²) < 4.78 is 19.1. The molecule has 9 heteroatoms. The minimum atomic E-state index is -0.685. The molecule has 0 aliphatic heterocycles. The van der Waals surface area contributed by atoms with Crippen LogP contribution in [0, 0.1) is 15.9 Å². The zero-order valence-corrected chi connectivity index (χ0v) is 13.4. The van der Waals surface area contributed by atoms with Gasteiger partial charge in [0.1, 0.15) is 5.82 Å². The lowest BCUT2D eigenvalue weighted by atomic mass is 10.3. The van der Waals surface area contributed by atoms with Gasteiger partial charge in [-0.2, -0.15) is 0 Å². The third kappa shape index (κ3) is 3.25. The van der Waals surface area contributed by atoms with E-state index in [9.17, 15) is 14.5 Å². The zero-order chi connectivity index (χ0) is 14.9. The molecule has 0 unspecified atom stereocenters. The fourth-order valence-corrected chi connectivity index (χ4v) is 2.37. The summed E-state index contributed by atoms with van der Waals surface area (Å²) in [4.78, 5) is 14.1. The van der Waals surface area contributed by atoms with Gasteiger partial charge in [0.2, 0.25) is 11.6 Å². The third-order valence-electron chi connectivity index (χ3n) is 2.18. The summed E-state index contributed by atoms with van der Waals surface area (Å²) in [5.74, 6) is -0.902. The zero-order valence-electron chi connectivity index (χ0n) is 9.44. The number of nitro groups is 1. The summed E-state index contributed by atoms with van der Waals surface area (Å²) in [5, 5.41) is 11.3. The molecule has 1 aromatic carbocycles. The SMILES string of the molecule is O=[N+]([O-])c1cc(Br)c(F)cc1Oc1ncc(Cl)cc1Br. The molecular weight excluding hydrogens is 422 g/mol. The Kier molecular flexibility index (Phi) is 4.56. The number of nitrogens with zero attached hydrogens (tertiary/aromatic N) is 2. The summed E-state index contributed by atoms with van der Waals surface area (Å²) >= 11 is 11.8. The molecule has 20 heavy (non-hydrogen) atoms. The normalized spacial score (nSPS) is 10.4. The van der Waals surface area contributed by atoms with Crippen LogP contribution in [0.4, 0.5) is 10.1 Å². The van der Waals surface area contributed by atoms with Gasteiger partial charge in [-0.15, -0.1) is 0 Å². The molecule has 0 N–H and O–H groups in total. The van der Waals surface area contributed by atoms with Crippen LogP contribution in [0.1, 0.15) is 0 Å². The molecule has 0 amide bonds. The third-order valence-corrected chi connectivity index (χ3v) is 3.56. The van der Waals surface area contributed by atoms with E-state index in [2.05, 4.69) is 36.8 Å². The maximum absolute atomic E-state index is 13.5. The largest absolute Gasteiger partial charge is 0.431 e. The Morgan fingerprint density at radius 2 is 2.00 bits per heavy atom. The summed E-state index contributed by atoms with van der Waals surface area (Å²) in [7, 11) is 0. The number of benzene rings is 1. The number of hydrogen-bond acceptors (Lipinski definition) is 4. The highest BCUT2D eigenvalue weighted by Crippen LogP contribution is 2.37. The number of halogens is 4. The van der Waals surface area contributed by atoms with Crippen molar-refractivity contribution in [2.75, 3.05) is 0 Å². The number of ether oxygens (including phenoxy) is 1. The van der Waals surface area contributed by atoms with Gasteiger partial charge in [-0.25, -0.2) is 9.37 Å². The van der Waals surface area contributed by atoms with E-state index < -0.39 is 10.7 Å². The van der Waals surface area contributed by atoms with Crippen molar-refractivity contribution < 1.29 is 14.1 Å². The topological polar surface area (TPSA) is 65.3 Å². The van der Waals surface area contributed by atoms with Gasteiger partial charge >= 0.3 is 5.69 Å². The number of pyridine rings is 1. The Morgan fingerprint density at radius 1 is 1.30 bits per heavy atom. The maximum Gasteiger partial charge on any atom is 0.312 e. The first-order valence-electron chi connectivity index (χ1n) is 5.01. The molecule has 0 fully saturated rings. The number of nitro benzene ring substituents is 1. The molecule has 0 spiro atoms. The van der Waals surface area contributed by atoms with Gasteiger partial charge in [0.15, 0.2) is 0 Å². The molecular formula is C11H4Br2ClFN2O3. The Balaban J connectivity index is 2.47. The standard InChI is InChI=1S/C11H4Br2ClFN2O3/c12-6-2-9(17(18)19)10(3-8(6)15)20-11-7(13)1-5(14)4-16-11/h1-4H. The first kappa shape index (κ1) is 15.1. The highest BCUT2D eigenvalue weighted by atomic mass is 79.9. The maximum atomic E-state index is 13.5. The van der Waals surface area contributed by atoms with E-state index in [-0.39, 0.29) is 21.8 Å². The van der Waals surface area contributed by atoms with Crippen molar-refractivity contribution in [1.29, 1.82) is 0 Å². The van der Waals surface area contributed by atoms with Crippen LogP contribution in [0.2, 0.25) is 5.02 Å². The van der Waals surface area contributed by atoms with Gasteiger partial charge in [0, 0.05) is 18.3 Å². The lowest BCUT2D eigenvalue weighted by Crippen LogP contribution is -1.97. The van der Waals surface area contributed by atoms with Crippen LogP contribution in [0.3, 0.4) is 0 Å². The van der Waals surface area contributed by atoms with Crippen molar-refractivity contribution >= 4 is 49.1 Å². The van der Waals surface area contributed by atoms with Gasteiger partial charge in [0.25, 0.3) is 0 Å². The summed E-state index contributed by atoms with van der Waals surface area (Å²) in [6.07, 6.45) is 1.31. The molecule has 0 aliphatic rings. The second-order valence-electron chi connectivity index (χ2n) is 3.53. The lowest BCUT2D eigenvalue weighted by molar-refractivity contribution is -0.385. The van der Waals surface area contributed by atoms with E-state index in [1.54, 1.807) is 0 Å². The Labute approximate surface area is 134 Å². The average molecular weight is 426 g/mol. The molecule has 0 saturated heterocycles. The molecule has 1 heterocycles. The molecule has 0 saturated carbocycles. The van der Waals surface area contributed by atoms with E-state index in [1.807, 2.05) is 0 Å². The first-order chi connectivity index (χ1) is 9.38. The van der Waals surface area contributed by atoms with E-state index in [0.29, 0.717) is 9.50 Å². The molecule has 2 rings (SSSR count). The van der Waals surface area contributed by atoms with Crippen LogP contribution in [-0.2, 0) is 0 Å². The Morgan fingerprint density at radius 3 is 2.60 bits per heavy atom. The smallest absolute Gasteiger partial charge is 0.312 e. The molecule has 2 aromatic rings. The quantitative estimate of drug-likeness (QED) is 0.506. The predicted octanol–water partition coefficient (Wildman–Crippen LogP) is 5.10. The van der Waals surface area contributed by atoms with Crippen molar-refractivity contribution in [3.05, 3.63) is 54.3 Å². The number of rotatable bonds is 3. The highest BCUT2D eigenvalue weighted by Gasteiger charge is 2.20. The van der Waals surface area contributed by atoms with Crippen molar-refractivity contribution in [3.63, 3.8) is 0 Å². The number of aromatic nitrogens is 1. The van der Waals surface area contributed by atoms with Gasteiger partial charge in [-0.1, -0.05) is 11.6 Å². The molecule has 1 aromatic heterocycles. The van der Waals surface area contributed by atoms with Gasteiger partial charge < -0.3 is 4.74 Å². The first-order valence-corrected chi connectivity index (χ1v) is 6.97. The van der Waals surface area contributed by atoms with Crippen LogP contribution in [0.25, 0.3) is 0 Å². The highest BCUT2D eigenvalue weighted by molar-refractivity contribution is 9.10. The van der Waals surface area contributed by atoms with Crippen LogP contribution in [0.15, 0.2) is 33.3 Å². The molecule has 0 aliphatic carbocycles. The fraction of sp³-hybridized carbons (Fsp3) is 0. The summed E-state index contributed by atoms with van der Waals surface area (Å²) in [6.45, 7) is 0. The van der Waals surface area contributed by atoms with Gasteiger partial charge in [-0.05, 0) is 37.9 Å². The predicted molar refractivity (Wildman–Crippen MR) is 77.8 cm³/mol. The van der Waals surface area contributed by atoms with Crippen LogP contribution in [-0.4, -0.2) is 9.91 Å². The Bertz CT molecular complexity index is 700. The molecule has 0 radical (unpaired) electrons. The minimum absolute atomic E-state index is 0.0281. The lowest BCUT2D eigenvalue weighted by Gasteiger charge is -2.08. The van der Waals surface area contributed by atoms with E-state index in [0.717, 1.165) is 12.1 Å². The van der Waals surface area contributed by atoms with E-state index in [4.69, 9.17) is 16.3 Å². The van der Waals surface area contributed by atoms with Crippen molar-refractivity contribution in [2.24, 2.45) is 0 Å². The monoisotopic (exact) mass is 424 g/mol. The molecule has 0 atom stereocenters. The van der Waals surface area contributed by atoms with Crippen LogP contribution < -0.4 is 4.74 Å². The average Bonchev–Trinajstić information content (AvgIpc) is 2.36.